The highest BCUT2D eigenvalue weighted by Crippen LogP contribution is 1.91. The van der Waals surface area contributed by atoms with E-state index in [-0.39, 0.29) is 0 Å². The first-order valence-electron chi connectivity index (χ1n) is 6.05. The third-order valence-corrected chi connectivity index (χ3v) is 1.70. The van der Waals surface area contributed by atoms with E-state index in [1.54, 1.807) is 0 Å². The second kappa shape index (κ2) is 15.4. The number of hydrogen-bond acceptors (Lipinski definition) is 6. The Bertz CT molecular complexity index is 277. The lowest BCUT2D eigenvalue weighted by Crippen LogP contribution is -2.24. The Balaban J connectivity index is -0.000000218. The number of carboxylic acids is 1. The van der Waals surface area contributed by atoms with Crippen LogP contribution in [-0.4, -0.2) is 52.5 Å². The maximum atomic E-state index is 10.0. The minimum absolute atomic E-state index is 0.316. The van der Waals surface area contributed by atoms with Gasteiger partial charge in [-0.1, -0.05) is 13.3 Å². The molecule has 0 rings (SSSR count). The van der Waals surface area contributed by atoms with Crippen LogP contribution in [0.25, 0.3) is 0 Å². The Hall–Kier alpha value is -1.67. The van der Waals surface area contributed by atoms with Crippen LogP contribution in [-0.2, 0) is 19.1 Å². The van der Waals surface area contributed by atoms with Gasteiger partial charge in [0.1, 0.15) is 12.2 Å². The van der Waals surface area contributed by atoms with Crippen molar-refractivity contribution in [2.45, 2.75) is 52.2 Å². The molecule has 0 heterocycles. The van der Waals surface area contributed by atoms with Gasteiger partial charge in [-0.05, 0) is 20.3 Å². The molecule has 0 saturated heterocycles. The monoisotopic (exact) mass is 295 g/mol. The second-order valence-corrected chi connectivity index (χ2v) is 3.77. The fourth-order valence-electron chi connectivity index (χ4n) is 0.499. The van der Waals surface area contributed by atoms with Gasteiger partial charge >= 0.3 is 11.9 Å². The minimum atomic E-state index is -1.01. The molecular formula is C12H25NO7. The zero-order valence-corrected chi connectivity index (χ0v) is 12.3. The minimum Gasteiger partial charge on any atom is -0.481 e. The maximum absolute atomic E-state index is 10.0. The van der Waals surface area contributed by atoms with Crippen LogP contribution < -0.4 is 5.73 Å². The van der Waals surface area contributed by atoms with Crippen molar-refractivity contribution >= 4 is 17.8 Å². The number of aliphatic carboxylic acids is 1. The van der Waals surface area contributed by atoms with Crippen molar-refractivity contribution < 1.29 is 34.4 Å². The lowest BCUT2D eigenvalue weighted by Gasteiger charge is -1.97. The van der Waals surface area contributed by atoms with Crippen LogP contribution in [0.4, 0.5) is 0 Å². The summed E-state index contributed by atoms with van der Waals surface area (Å²) in [6.07, 6.45) is 0.0769. The van der Waals surface area contributed by atoms with Crippen molar-refractivity contribution in [3.05, 3.63) is 0 Å². The van der Waals surface area contributed by atoms with Crippen molar-refractivity contribution in [1.29, 1.82) is 0 Å². The van der Waals surface area contributed by atoms with Gasteiger partial charge < -0.3 is 25.8 Å². The van der Waals surface area contributed by atoms with Gasteiger partial charge in [-0.2, -0.15) is 0 Å². The SMILES string of the molecule is CC(O)C(N)=O.CCCCC(=O)O.COC(=O)C(C)O. The zero-order valence-electron chi connectivity index (χ0n) is 12.3. The predicted octanol–water partition coefficient (Wildman–Crippen LogP) is -0.346. The molecular weight excluding hydrogens is 270 g/mol. The molecule has 0 fully saturated rings. The molecule has 0 aliphatic heterocycles. The molecule has 1 amide bonds. The standard InChI is InChI=1S/C5H10O2.C4H8O3.C3H7NO2/c1-2-3-4-5(6)7;1-3(5)4(6)7-2;1-2(5)3(4)6/h2-4H2,1H3,(H,6,7);3,5H,1-2H3;2,5H,1H3,(H2,4,6). The molecule has 0 aromatic heterocycles. The number of methoxy groups -OCH3 is 1. The Kier molecular flexibility index (Phi) is 18.0. The molecule has 0 saturated carbocycles. The number of primary amides is 1. The topological polar surface area (TPSA) is 147 Å². The van der Waals surface area contributed by atoms with Crippen LogP contribution in [0.2, 0.25) is 0 Å². The van der Waals surface area contributed by atoms with Gasteiger partial charge in [-0.15, -0.1) is 0 Å². The molecule has 0 aliphatic carbocycles. The Morgan fingerprint density at radius 3 is 1.60 bits per heavy atom. The van der Waals surface area contributed by atoms with Crippen molar-refractivity contribution in [2.24, 2.45) is 5.73 Å². The lowest BCUT2D eigenvalue weighted by atomic mass is 10.3. The molecule has 0 aromatic rings. The number of unbranched alkanes of at least 4 members (excludes halogenated alkanes) is 1. The second-order valence-electron chi connectivity index (χ2n) is 3.77. The summed E-state index contributed by atoms with van der Waals surface area (Å²) in [6, 6.07) is 0. The third kappa shape index (κ3) is 25.2. The molecule has 0 bridgehead atoms. The number of carboxylic acid groups (broad SMARTS) is 1. The van der Waals surface area contributed by atoms with Gasteiger partial charge in [0.25, 0.3) is 0 Å². The Labute approximate surface area is 118 Å². The average molecular weight is 295 g/mol. The van der Waals surface area contributed by atoms with Crippen LogP contribution in [0.1, 0.15) is 40.0 Å². The van der Waals surface area contributed by atoms with E-state index in [1.165, 1.54) is 21.0 Å². The van der Waals surface area contributed by atoms with E-state index in [0.717, 1.165) is 12.8 Å². The van der Waals surface area contributed by atoms with Gasteiger partial charge in [-0.25, -0.2) is 4.79 Å². The van der Waals surface area contributed by atoms with E-state index in [2.05, 4.69) is 10.5 Å². The highest BCUT2D eigenvalue weighted by molar-refractivity contribution is 5.77. The summed E-state index contributed by atoms with van der Waals surface area (Å²) in [4.78, 5) is 29.5. The summed E-state index contributed by atoms with van der Waals surface area (Å²) in [6.45, 7) is 4.65. The summed E-state index contributed by atoms with van der Waals surface area (Å²) >= 11 is 0. The Morgan fingerprint density at radius 1 is 1.15 bits per heavy atom. The number of rotatable bonds is 5. The van der Waals surface area contributed by atoms with Crippen molar-refractivity contribution in [3.63, 3.8) is 0 Å². The molecule has 2 unspecified atom stereocenters. The largest absolute Gasteiger partial charge is 0.481 e. The fourth-order valence-corrected chi connectivity index (χ4v) is 0.499. The van der Waals surface area contributed by atoms with E-state index in [9.17, 15) is 14.4 Å². The number of aliphatic hydroxyl groups excluding tert-OH is 2. The third-order valence-electron chi connectivity index (χ3n) is 1.70. The van der Waals surface area contributed by atoms with E-state index in [1.807, 2.05) is 6.92 Å². The number of aliphatic hydroxyl groups is 2. The molecule has 0 aliphatic rings. The fraction of sp³-hybridized carbons (Fsp3) is 0.750. The highest BCUT2D eigenvalue weighted by Gasteiger charge is 2.05. The lowest BCUT2D eigenvalue weighted by molar-refractivity contribution is -0.149. The van der Waals surface area contributed by atoms with Crippen LogP contribution in [0.15, 0.2) is 0 Å². The number of nitrogens with two attached hydrogens (primary N) is 1. The summed E-state index contributed by atoms with van der Waals surface area (Å²) in [5.74, 6) is -1.98. The molecule has 0 aromatic carbocycles. The van der Waals surface area contributed by atoms with E-state index < -0.39 is 30.1 Å². The Morgan fingerprint density at radius 2 is 1.55 bits per heavy atom. The molecule has 5 N–H and O–H groups in total. The van der Waals surface area contributed by atoms with E-state index >= 15 is 0 Å². The maximum Gasteiger partial charge on any atom is 0.334 e. The number of carbonyl (C=O) groups excluding carboxylic acids is 2. The summed E-state index contributed by atoms with van der Waals surface area (Å²) in [7, 11) is 1.23. The van der Waals surface area contributed by atoms with Crippen LogP contribution >= 0.6 is 0 Å². The van der Waals surface area contributed by atoms with Gasteiger partial charge in [0.15, 0.2) is 0 Å². The molecule has 20 heavy (non-hydrogen) atoms. The summed E-state index contributed by atoms with van der Waals surface area (Å²) in [5, 5.41) is 24.5. The van der Waals surface area contributed by atoms with Gasteiger partial charge in [-0.3, -0.25) is 9.59 Å². The number of ether oxygens (including phenoxy) is 1. The van der Waals surface area contributed by atoms with Crippen LogP contribution in [0.5, 0.6) is 0 Å². The van der Waals surface area contributed by atoms with Crippen molar-refractivity contribution in [2.75, 3.05) is 7.11 Å². The summed E-state index contributed by atoms with van der Waals surface area (Å²) in [5.41, 5.74) is 4.55. The quantitative estimate of drug-likeness (QED) is 0.507. The molecule has 8 heteroatoms. The number of hydrogen-bond donors (Lipinski definition) is 4. The van der Waals surface area contributed by atoms with Gasteiger partial charge in [0.2, 0.25) is 5.91 Å². The number of esters is 1. The van der Waals surface area contributed by atoms with Gasteiger partial charge in [0, 0.05) is 6.42 Å². The zero-order chi connectivity index (χ0) is 16.7. The van der Waals surface area contributed by atoms with Crippen molar-refractivity contribution in [1.82, 2.24) is 0 Å². The number of carbonyl (C=O) groups is 3. The van der Waals surface area contributed by atoms with Crippen LogP contribution in [0.3, 0.4) is 0 Å². The first-order chi connectivity index (χ1) is 9.09. The highest BCUT2D eigenvalue weighted by atomic mass is 16.5. The predicted molar refractivity (Wildman–Crippen MR) is 71.7 cm³/mol. The van der Waals surface area contributed by atoms with Gasteiger partial charge in [0.05, 0.1) is 7.11 Å². The normalized spacial score (nSPS) is 11.7. The average Bonchev–Trinajstić information content (AvgIpc) is 2.36. The van der Waals surface area contributed by atoms with Crippen LogP contribution in [0, 0.1) is 0 Å². The number of amides is 1. The first kappa shape index (κ1) is 23.4. The smallest absolute Gasteiger partial charge is 0.334 e. The first-order valence-corrected chi connectivity index (χ1v) is 6.05. The molecule has 120 valence electrons. The van der Waals surface area contributed by atoms with E-state index in [4.69, 9.17) is 15.3 Å². The summed E-state index contributed by atoms with van der Waals surface area (Å²) < 4.78 is 4.12. The van der Waals surface area contributed by atoms with E-state index in [0.29, 0.717) is 6.42 Å². The molecule has 2 atom stereocenters. The molecule has 8 nitrogen and oxygen atoms in total. The molecule has 0 radical (unpaired) electrons. The van der Waals surface area contributed by atoms with Crippen molar-refractivity contribution in [3.8, 4) is 0 Å². The molecule has 0 spiro atoms.